The van der Waals surface area contributed by atoms with Crippen LogP contribution in [-0.4, -0.2) is 9.52 Å². The summed E-state index contributed by atoms with van der Waals surface area (Å²) in [4.78, 5) is 0. The zero-order valence-electron chi connectivity index (χ0n) is 34.0. The molecule has 3 aliphatic rings. The molecular formula is C52H51Cl2SiZr. The van der Waals surface area contributed by atoms with Crippen molar-refractivity contribution in [1.82, 2.24) is 0 Å². The summed E-state index contributed by atoms with van der Waals surface area (Å²) in [5.74, 6) is 0. The molecule has 1 heterocycles. The van der Waals surface area contributed by atoms with Crippen molar-refractivity contribution >= 4 is 52.3 Å². The average molecular weight is 866 g/mol. The number of halogens is 2. The van der Waals surface area contributed by atoms with Crippen molar-refractivity contribution in [3.8, 4) is 33.4 Å². The van der Waals surface area contributed by atoms with E-state index in [1.807, 2.05) is 0 Å². The molecule has 0 N–H and O–H groups in total. The zero-order valence-corrected chi connectivity index (χ0v) is 39.4. The van der Waals surface area contributed by atoms with E-state index in [-0.39, 0.29) is 7.25 Å². The second-order valence-corrected chi connectivity index (χ2v) is 39.5. The number of allylic oxidation sites excluding steroid dienone is 2. The van der Waals surface area contributed by atoms with Gasteiger partial charge in [-0.1, -0.05) is 0 Å². The molecule has 0 bridgehead atoms. The van der Waals surface area contributed by atoms with Crippen molar-refractivity contribution in [1.29, 1.82) is 0 Å². The molecule has 2 aliphatic carbocycles. The SMILES string of the molecule is CCC1=Cc2c(ccc(C)c2-c2cc(C)cc(C)c2)[CH]1[Zr]([Cl])([Cl])([c]1cccc2c1[SiH2]c1ccccc1-2)[CH]1C(CC)=Cc2c1ccc(C)c2-c1cc(C)cc(C)c1. The molecule has 0 spiro atoms. The second kappa shape index (κ2) is 13.8. The maximum atomic E-state index is 9.25. The van der Waals surface area contributed by atoms with Gasteiger partial charge in [-0.3, -0.25) is 0 Å². The van der Waals surface area contributed by atoms with E-state index in [0.717, 1.165) is 12.8 Å². The van der Waals surface area contributed by atoms with Crippen LogP contribution in [0.5, 0.6) is 0 Å². The number of benzene rings is 6. The standard InChI is InChI=1S/2C20H21.C12H9Si.2ClH.Zr/c2*1-5-16-11-17-7-6-15(4)20(19(17)12-16)18-9-13(2)8-14(3)10-18;1-3-7-11-9(5-1)10-6-2-4-8-12(10)13-11;;;/h2*6-12H,5H2,1-4H3;1-7H,13H2;2*1H;/q;;;;;+2/p-2. The van der Waals surface area contributed by atoms with Crippen molar-refractivity contribution in [3.63, 3.8) is 0 Å². The normalized spacial score (nSPS) is 17.9. The molecule has 0 saturated carbocycles. The van der Waals surface area contributed by atoms with Gasteiger partial charge in [-0.25, -0.2) is 0 Å². The third kappa shape index (κ3) is 5.68. The van der Waals surface area contributed by atoms with Crippen molar-refractivity contribution in [3.05, 3.63) is 170 Å². The van der Waals surface area contributed by atoms with E-state index in [0.29, 0.717) is 0 Å². The van der Waals surface area contributed by atoms with Crippen LogP contribution in [0.3, 0.4) is 0 Å². The van der Waals surface area contributed by atoms with Gasteiger partial charge in [0.25, 0.3) is 0 Å². The molecule has 56 heavy (non-hydrogen) atoms. The van der Waals surface area contributed by atoms with Gasteiger partial charge in [0.05, 0.1) is 0 Å². The molecule has 2 atom stereocenters. The molecular weight excluding hydrogens is 815 g/mol. The van der Waals surface area contributed by atoms with Crippen molar-refractivity contribution in [2.75, 3.05) is 0 Å². The molecule has 9 rings (SSSR count). The van der Waals surface area contributed by atoms with Crippen LogP contribution in [0.4, 0.5) is 0 Å². The summed E-state index contributed by atoms with van der Waals surface area (Å²) in [7, 11) is 17.7. The second-order valence-electron chi connectivity index (χ2n) is 17.1. The van der Waals surface area contributed by atoms with Gasteiger partial charge in [0.2, 0.25) is 0 Å². The molecule has 0 fully saturated rings. The van der Waals surface area contributed by atoms with E-state index in [1.165, 1.54) is 114 Å². The first-order valence-corrected chi connectivity index (χ1v) is 32.3. The molecule has 4 heteroatoms. The van der Waals surface area contributed by atoms with E-state index in [2.05, 4.69) is 171 Å². The Bertz CT molecular complexity index is 2540. The van der Waals surface area contributed by atoms with Gasteiger partial charge in [0.15, 0.2) is 0 Å². The Morgan fingerprint density at radius 3 is 1.48 bits per heavy atom. The summed E-state index contributed by atoms with van der Waals surface area (Å²) in [6.07, 6.45) is 6.81. The molecule has 6 aromatic carbocycles. The Morgan fingerprint density at radius 2 is 1.00 bits per heavy atom. The first-order chi connectivity index (χ1) is 26.8. The molecule has 1 aliphatic heterocycles. The van der Waals surface area contributed by atoms with Crippen LogP contribution in [0.1, 0.15) is 89.6 Å². The van der Waals surface area contributed by atoms with Gasteiger partial charge in [0.1, 0.15) is 0 Å². The van der Waals surface area contributed by atoms with Crippen molar-refractivity contribution < 1.29 is 16.4 Å². The Hall–Kier alpha value is -3.52. The summed E-state index contributed by atoms with van der Waals surface area (Å²) in [5, 5.41) is 2.97. The van der Waals surface area contributed by atoms with Crippen molar-refractivity contribution in [2.24, 2.45) is 0 Å². The molecule has 0 nitrogen and oxygen atoms in total. The minimum atomic E-state index is -5.56. The van der Waals surface area contributed by atoms with Gasteiger partial charge in [-0.15, -0.1) is 0 Å². The maximum absolute atomic E-state index is 9.25. The molecule has 281 valence electrons. The molecule has 0 radical (unpaired) electrons. The van der Waals surface area contributed by atoms with Crippen LogP contribution in [-0.2, 0) is 16.4 Å². The molecule has 0 amide bonds. The van der Waals surface area contributed by atoms with Gasteiger partial charge in [-0.2, -0.15) is 0 Å². The number of rotatable bonds is 7. The fraction of sp³-hybridized carbons (Fsp3) is 0.231. The fourth-order valence-electron chi connectivity index (χ4n) is 11.2. The predicted molar refractivity (Wildman–Crippen MR) is 245 cm³/mol. The zero-order chi connectivity index (χ0) is 39.3. The van der Waals surface area contributed by atoms with Gasteiger partial charge in [0, 0.05) is 0 Å². The van der Waals surface area contributed by atoms with Gasteiger partial charge >= 0.3 is 348 Å². The summed E-state index contributed by atoms with van der Waals surface area (Å²) in [5.41, 5.74) is 23.7. The Labute approximate surface area is 344 Å². The van der Waals surface area contributed by atoms with E-state index >= 15 is 0 Å². The summed E-state index contributed by atoms with van der Waals surface area (Å²) >= 11 is -5.56. The number of fused-ring (bicyclic) bond motifs is 5. The van der Waals surface area contributed by atoms with Crippen LogP contribution in [0, 0.1) is 41.5 Å². The van der Waals surface area contributed by atoms with E-state index in [1.54, 1.807) is 0 Å². The number of aryl methyl sites for hydroxylation is 6. The van der Waals surface area contributed by atoms with Crippen LogP contribution in [0.2, 0.25) is 0 Å². The Kier molecular flexibility index (Phi) is 9.37. The molecule has 0 aromatic heterocycles. The fourth-order valence-corrected chi connectivity index (χ4v) is 39.5. The third-order valence-corrected chi connectivity index (χ3v) is 36.1. The first kappa shape index (κ1) is 38.0. The number of hydrogen-bond acceptors (Lipinski definition) is 0. The predicted octanol–water partition coefficient (Wildman–Crippen LogP) is 12.7. The van der Waals surface area contributed by atoms with Gasteiger partial charge in [-0.05, 0) is 0 Å². The van der Waals surface area contributed by atoms with Crippen molar-refractivity contribution in [2.45, 2.75) is 75.5 Å². The summed E-state index contributed by atoms with van der Waals surface area (Å²) in [6.45, 7) is 18.0. The third-order valence-electron chi connectivity index (χ3n) is 13.3. The quantitative estimate of drug-likeness (QED) is 0.140. The number of hydrogen-bond donors (Lipinski definition) is 0. The molecule has 0 saturated heterocycles. The Morgan fingerprint density at radius 1 is 0.536 bits per heavy atom. The van der Waals surface area contributed by atoms with Crippen LogP contribution in [0.15, 0.2) is 114 Å². The van der Waals surface area contributed by atoms with Crippen LogP contribution in [0.25, 0.3) is 45.5 Å². The van der Waals surface area contributed by atoms with Gasteiger partial charge < -0.3 is 0 Å². The van der Waals surface area contributed by atoms with E-state index in [4.69, 9.17) is 0 Å². The van der Waals surface area contributed by atoms with Crippen LogP contribution >= 0.6 is 17.0 Å². The van der Waals surface area contributed by atoms with E-state index in [9.17, 15) is 17.0 Å². The Balaban J connectivity index is 1.38. The summed E-state index contributed by atoms with van der Waals surface area (Å²) in [6, 6.07) is 39.5. The first-order valence-electron chi connectivity index (χ1n) is 20.4. The molecule has 2 unspecified atom stereocenters. The topological polar surface area (TPSA) is 0 Å². The monoisotopic (exact) mass is 863 g/mol. The minimum absolute atomic E-state index is 0.0777. The average Bonchev–Trinajstić information content (AvgIpc) is 3.86. The molecule has 6 aromatic rings. The van der Waals surface area contributed by atoms with Crippen LogP contribution < -0.4 is 13.6 Å². The van der Waals surface area contributed by atoms with E-state index < -0.39 is 25.9 Å². The summed E-state index contributed by atoms with van der Waals surface area (Å²) < 4.78 is 1.14.